The molecule has 0 radical (unpaired) electrons. The zero-order valence-corrected chi connectivity index (χ0v) is 25.2. The smallest absolute Gasteiger partial charge is 0.264 e. The fourth-order valence-electron chi connectivity index (χ4n) is 6.45. The number of hydrogen-bond acceptors (Lipinski definition) is 5. The summed E-state index contributed by atoms with van der Waals surface area (Å²) in [6, 6.07) is 19.4. The summed E-state index contributed by atoms with van der Waals surface area (Å²) in [5.74, 6) is -0.354. The van der Waals surface area contributed by atoms with Crippen molar-refractivity contribution >= 4 is 43.2 Å². The van der Waals surface area contributed by atoms with E-state index in [1.807, 2.05) is 25.1 Å². The quantitative estimate of drug-likeness (QED) is 0.235. The van der Waals surface area contributed by atoms with Gasteiger partial charge in [-0.3, -0.25) is 9.59 Å². The zero-order chi connectivity index (χ0) is 29.5. The predicted molar refractivity (Wildman–Crippen MR) is 160 cm³/mol. The normalized spacial score (nSPS) is 23.6. The van der Waals surface area contributed by atoms with Gasteiger partial charge in [-0.15, -0.1) is 0 Å². The topological polar surface area (TPSA) is 88.1 Å². The molecular formula is C31H34ClFN2O5Si. The fraction of sp³-hybridized carbons (Fsp3) is 0.355. The summed E-state index contributed by atoms with van der Waals surface area (Å²) in [6.45, 7) is 5.18. The minimum absolute atomic E-state index is 0.163. The molecule has 0 unspecified atom stereocenters. The Hall–Kier alpha value is -3.24. The molecule has 4 atom stereocenters. The van der Waals surface area contributed by atoms with E-state index in [0.29, 0.717) is 33.3 Å². The summed E-state index contributed by atoms with van der Waals surface area (Å²) in [4.78, 5) is 28.8. The van der Waals surface area contributed by atoms with E-state index in [1.165, 1.54) is 0 Å². The number of rotatable bonds is 8. The third kappa shape index (κ3) is 5.27. The largest absolute Gasteiger partial charge is 0.497 e. The van der Waals surface area contributed by atoms with Gasteiger partial charge >= 0.3 is 0 Å². The van der Waals surface area contributed by atoms with E-state index in [4.69, 9.17) is 21.1 Å². The Bertz CT molecular complexity index is 1460. The highest BCUT2D eigenvalue weighted by Crippen LogP contribution is 2.60. The SMILES string of the molecule is COc1ccc(C(=O)Nc2cccc(CN3C(=O)[C@]4(O[C@H](CCO)[C@@H]([Si](C)(C)F)[C@@H]4C)c4cc(Cl)ccc43)c2)cc1. The maximum absolute atomic E-state index is 15.7. The molecule has 7 nitrogen and oxygen atoms in total. The van der Waals surface area contributed by atoms with Crippen molar-refractivity contribution in [3.05, 3.63) is 88.4 Å². The number of halogens is 2. The number of aliphatic hydroxyl groups excluding tert-OH is 1. The van der Waals surface area contributed by atoms with Crippen LogP contribution in [0.1, 0.15) is 34.8 Å². The van der Waals surface area contributed by atoms with Crippen molar-refractivity contribution in [3.63, 3.8) is 0 Å². The van der Waals surface area contributed by atoms with Crippen molar-refractivity contribution in [1.29, 1.82) is 0 Å². The fourth-order valence-corrected chi connectivity index (χ4v) is 9.16. The summed E-state index contributed by atoms with van der Waals surface area (Å²) in [7, 11) is -1.72. The zero-order valence-electron chi connectivity index (χ0n) is 23.5. The molecule has 0 bridgehead atoms. The van der Waals surface area contributed by atoms with Gasteiger partial charge in [-0.2, -0.15) is 0 Å². The number of benzene rings is 3. The Morgan fingerprint density at radius 3 is 2.56 bits per heavy atom. The molecule has 216 valence electrons. The van der Waals surface area contributed by atoms with Crippen LogP contribution in [0.25, 0.3) is 0 Å². The third-order valence-corrected chi connectivity index (χ3v) is 10.9. The first-order valence-electron chi connectivity index (χ1n) is 13.6. The molecule has 1 fully saturated rings. The summed E-state index contributed by atoms with van der Waals surface area (Å²) in [5.41, 5.74) is 1.24. The number of nitrogens with one attached hydrogen (secondary N) is 1. The van der Waals surface area contributed by atoms with Crippen LogP contribution in [-0.4, -0.2) is 45.1 Å². The van der Waals surface area contributed by atoms with Crippen LogP contribution < -0.4 is 15.0 Å². The average molecular weight is 597 g/mol. The van der Waals surface area contributed by atoms with Gasteiger partial charge in [0.2, 0.25) is 8.41 Å². The molecule has 5 rings (SSSR count). The highest BCUT2D eigenvalue weighted by atomic mass is 35.5. The number of carbonyl (C=O) groups is 2. The molecule has 2 amide bonds. The van der Waals surface area contributed by atoms with E-state index >= 15 is 4.11 Å². The van der Waals surface area contributed by atoms with Gasteiger partial charge in [0.25, 0.3) is 11.8 Å². The van der Waals surface area contributed by atoms with Crippen molar-refractivity contribution in [3.8, 4) is 5.75 Å². The van der Waals surface area contributed by atoms with Crippen LogP contribution in [-0.2, 0) is 21.7 Å². The molecule has 2 aliphatic heterocycles. The van der Waals surface area contributed by atoms with Crippen LogP contribution in [0.15, 0.2) is 66.7 Å². The van der Waals surface area contributed by atoms with Gasteiger partial charge in [0.15, 0.2) is 5.60 Å². The van der Waals surface area contributed by atoms with E-state index < -0.39 is 31.6 Å². The molecule has 0 aliphatic carbocycles. The molecule has 2 aliphatic rings. The van der Waals surface area contributed by atoms with Gasteiger partial charge in [-0.1, -0.05) is 30.7 Å². The van der Waals surface area contributed by atoms with E-state index in [-0.39, 0.29) is 31.4 Å². The monoisotopic (exact) mass is 596 g/mol. The van der Waals surface area contributed by atoms with Crippen LogP contribution in [0, 0.1) is 5.92 Å². The third-order valence-electron chi connectivity index (χ3n) is 8.21. The standard InChI is InChI=1S/C31H34ClFN2O5Si/c1-19-28(41(3,4)33)27(14-15-36)40-31(19)25-17-22(32)10-13-26(25)35(30(31)38)18-20-6-5-7-23(16-20)34-29(37)21-8-11-24(39-2)12-9-21/h5-13,16-17,19,27-28,36H,14-15,18H2,1-4H3,(H,34,37)/t19-,27+,28-,31+/m0/s1. The Morgan fingerprint density at radius 2 is 1.90 bits per heavy atom. The molecule has 2 N–H and O–H groups in total. The van der Waals surface area contributed by atoms with Crippen molar-refractivity contribution in [2.24, 2.45) is 5.92 Å². The van der Waals surface area contributed by atoms with Gasteiger partial charge in [0.1, 0.15) is 5.75 Å². The number of fused-ring (bicyclic) bond motifs is 2. The Kier molecular flexibility index (Phi) is 8.00. The minimum atomic E-state index is -3.29. The highest BCUT2D eigenvalue weighted by molar-refractivity contribution is 6.72. The number of carbonyl (C=O) groups excluding carboxylic acids is 2. The summed E-state index contributed by atoms with van der Waals surface area (Å²) >= 11 is 6.41. The molecule has 3 aromatic carbocycles. The molecule has 41 heavy (non-hydrogen) atoms. The summed E-state index contributed by atoms with van der Waals surface area (Å²) in [5, 5.41) is 13.1. The number of amides is 2. The van der Waals surface area contributed by atoms with Gasteiger partial charge in [0.05, 0.1) is 25.4 Å². The molecule has 10 heteroatoms. The number of hydrogen-bond donors (Lipinski definition) is 2. The van der Waals surface area contributed by atoms with Crippen LogP contribution in [0.5, 0.6) is 5.75 Å². The Labute approximate surface area is 245 Å². The van der Waals surface area contributed by atoms with Crippen molar-refractivity contribution in [2.45, 2.75) is 50.2 Å². The number of ether oxygens (including phenoxy) is 2. The lowest BCUT2D eigenvalue weighted by Crippen LogP contribution is -2.45. The van der Waals surface area contributed by atoms with Gasteiger partial charge in [0, 0.05) is 39.9 Å². The van der Waals surface area contributed by atoms with Gasteiger partial charge in [-0.25, -0.2) is 0 Å². The molecule has 0 saturated carbocycles. The van der Waals surface area contributed by atoms with Crippen LogP contribution in [0.2, 0.25) is 23.7 Å². The predicted octanol–water partition coefficient (Wildman–Crippen LogP) is 6.31. The first-order chi connectivity index (χ1) is 19.5. The lowest BCUT2D eigenvalue weighted by molar-refractivity contribution is -0.146. The van der Waals surface area contributed by atoms with Gasteiger partial charge < -0.3 is 28.9 Å². The van der Waals surface area contributed by atoms with Crippen molar-refractivity contribution < 1.29 is 28.3 Å². The van der Waals surface area contributed by atoms with Crippen LogP contribution >= 0.6 is 11.6 Å². The molecule has 0 aromatic heterocycles. The second kappa shape index (κ2) is 11.2. The lowest BCUT2D eigenvalue weighted by atomic mass is 9.82. The van der Waals surface area contributed by atoms with Gasteiger partial charge in [-0.05, 0) is 79.7 Å². The molecular weight excluding hydrogens is 563 g/mol. The second-order valence-electron chi connectivity index (χ2n) is 11.2. The lowest BCUT2D eigenvalue weighted by Gasteiger charge is -2.31. The summed E-state index contributed by atoms with van der Waals surface area (Å²) in [6.07, 6.45) is -0.343. The number of anilines is 2. The van der Waals surface area contributed by atoms with Crippen LogP contribution in [0.3, 0.4) is 0 Å². The Balaban J connectivity index is 1.45. The number of aliphatic hydroxyl groups is 1. The van der Waals surface area contributed by atoms with E-state index in [1.54, 1.807) is 73.6 Å². The molecule has 2 heterocycles. The number of nitrogens with zero attached hydrogens (tertiary/aromatic N) is 1. The first-order valence-corrected chi connectivity index (χ1v) is 17.0. The van der Waals surface area contributed by atoms with E-state index in [0.717, 1.165) is 5.56 Å². The van der Waals surface area contributed by atoms with Crippen molar-refractivity contribution in [1.82, 2.24) is 0 Å². The minimum Gasteiger partial charge on any atom is -0.497 e. The van der Waals surface area contributed by atoms with E-state index in [9.17, 15) is 14.7 Å². The van der Waals surface area contributed by atoms with E-state index in [2.05, 4.69) is 5.32 Å². The maximum Gasteiger partial charge on any atom is 0.264 e. The van der Waals surface area contributed by atoms with Crippen molar-refractivity contribution in [2.75, 3.05) is 23.9 Å². The molecule has 1 spiro atoms. The first kappa shape index (κ1) is 29.3. The maximum atomic E-state index is 15.7. The molecule has 1 saturated heterocycles. The average Bonchev–Trinajstić information content (AvgIpc) is 3.35. The summed E-state index contributed by atoms with van der Waals surface area (Å²) < 4.78 is 27.4. The molecule has 3 aromatic rings. The Morgan fingerprint density at radius 1 is 1.17 bits per heavy atom. The highest BCUT2D eigenvalue weighted by Gasteiger charge is 2.66. The number of methoxy groups -OCH3 is 1. The van der Waals surface area contributed by atoms with Crippen LogP contribution in [0.4, 0.5) is 15.5 Å². The second-order valence-corrected chi connectivity index (χ2v) is 15.5.